The first-order valence-corrected chi connectivity index (χ1v) is 6.55. The summed E-state index contributed by atoms with van der Waals surface area (Å²) in [5, 5.41) is 8.90. The minimum atomic E-state index is -0.981. The molecule has 1 aromatic carbocycles. The third kappa shape index (κ3) is 4.54. The molecule has 106 valence electrons. The van der Waals surface area contributed by atoms with Crippen LogP contribution in [0.4, 0.5) is 5.69 Å². The second-order valence-corrected chi connectivity index (χ2v) is 4.64. The number of hydrogen-bond donors (Lipinski definition) is 3. The number of carboxylic acids is 1. The molecule has 0 aromatic heterocycles. The quantitative estimate of drug-likeness (QED) is 0.641. The van der Waals surface area contributed by atoms with Gasteiger partial charge in [0.15, 0.2) is 0 Å². The fourth-order valence-corrected chi connectivity index (χ4v) is 2.00. The Morgan fingerprint density at radius 1 is 1.32 bits per heavy atom. The topological polar surface area (TPSA) is 92.6 Å². The fraction of sp³-hybridized carbons (Fsp3) is 0.500. The smallest absolute Gasteiger partial charge is 0.320 e. The predicted octanol–water partition coefficient (Wildman–Crippen LogP) is 1.07. The molecule has 1 rings (SSSR count). The zero-order valence-electron chi connectivity index (χ0n) is 11.6. The van der Waals surface area contributed by atoms with Crippen molar-refractivity contribution in [1.82, 2.24) is 4.90 Å². The van der Waals surface area contributed by atoms with Gasteiger partial charge in [-0.25, -0.2) is 0 Å². The molecule has 0 radical (unpaired) electrons. The van der Waals surface area contributed by atoms with Crippen LogP contribution in [0, 0.1) is 0 Å². The lowest BCUT2D eigenvalue weighted by molar-refractivity contribution is -0.138. The molecule has 0 spiro atoms. The van der Waals surface area contributed by atoms with Crippen LogP contribution in [-0.2, 0) is 17.8 Å². The Bertz CT molecular complexity index is 431. The Morgan fingerprint density at radius 3 is 2.47 bits per heavy atom. The van der Waals surface area contributed by atoms with Gasteiger partial charge in [0.1, 0.15) is 6.04 Å². The highest BCUT2D eigenvalue weighted by molar-refractivity contribution is 5.73. The van der Waals surface area contributed by atoms with Gasteiger partial charge in [-0.05, 0) is 42.8 Å². The molecule has 0 bridgehead atoms. The van der Waals surface area contributed by atoms with Crippen molar-refractivity contribution < 1.29 is 9.90 Å². The van der Waals surface area contributed by atoms with Crippen molar-refractivity contribution in [2.24, 2.45) is 5.73 Å². The molecule has 0 aliphatic carbocycles. The van der Waals surface area contributed by atoms with Gasteiger partial charge in [-0.15, -0.1) is 0 Å². The summed E-state index contributed by atoms with van der Waals surface area (Å²) >= 11 is 0. The lowest BCUT2D eigenvalue weighted by Crippen LogP contribution is -2.33. The van der Waals surface area contributed by atoms with Crippen LogP contribution in [0.2, 0.25) is 0 Å². The summed E-state index contributed by atoms with van der Waals surface area (Å²) in [6, 6.07) is 4.69. The average Bonchev–Trinajstić information content (AvgIpc) is 2.38. The molecule has 1 atom stereocenters. The van der Waals surface area contributed by atoms with Crippen molar-refractivity contribution in [2.45, 2.75) is 32.9 Å². The van der Waals surface area contributed by atoms with Gasteiger partial charge in [-0.2, -0.15) is 0 Å². The predicted molar refractivity (Wildman–Crippen MR) is 76.8 cm³/mol. The Balaban J connectivity index is 2.94. The second-order valence-electron chi connectivity index (χ2n) is 4.64. The molecule has 5 nitrogen and oxygen atoms in total. The molecule has 0 amide bonds. The van der Waals surface area contributed by atoms with Crippen LogP contribution in [0.5, 0.6) is 0 Å². The minimum absolute atomic E-state index is 0.326. The molecule has 5 N–H and O–H groups in total. The molecule has 0 heterocycles. The molecular weight excluding hydrogens is 242 g/mol. The lowest BCUT2D eigenvalue weighted by Gasteiger charge is -2.21. The van der Waals surface area contributed by atoms with Crippen LogP contribution < -0.4 is 11.5 Å². The monoisotopic (exact) mass is 265 g/mol. The van der Waals surface area contributed by atoms with Crippen LogP contribution in [0.3, 0.4) is 0 Å². The van der Waals surface area contributed by atoms with Crippen LogP contribution in [0.1, 0.15) is 25.0 Å². The van der Waals surface area contributed by atoms with E-state index in [1.54, 1.807) is 6.07 Å². The first-order chi connectivity index (χ1) is 8.97. The number of carboxylic acid groups (broad SMARTS) is 1. The van der Waals surface area contributed by atoms with E-state index in [-0.39, 0.29) is 0 Å². The number of aliphatic carboxylic acids is 1. The van der Waals surface area contributed by atoms with Gasteiger partial charge in [0.05, 0.1) is 0 Å². The third-order valence-electron chi connectivity index (χ3n) is 3.28. The van der Waals surface area contributed by atoms with E-state index in [0.29, 0.717) is 12.1 Å². The van der Waals surface area contributed by atoms with E-state index in [0.717, 1.165) is 30.8 Å². The number of hydrogen-bond acceptors (Lipinski definition) is 4. The zero-order chi connectivity index (χ0) is 14.4. The van der Waals surface area contributed by atoms with E-state index in [2.05, 4.69) is 18.7 Å². The molecule has 5 heteroatoms. The Kier molecular flexibility index (Phi) is 5.79. The molecule has 19 heavy (non-hydrogen) atoms. The minimum Gasteiger partial charge on any atom is -0.480 e. The number of benzene rings is 1. The van der Waals surface area contributed by atoms with E-state index >= 15 is 0 Å². The molecule has 0 aliphatic rings. The molecule has 0 unspecified atom stereocenters. The van der Waals surface area contributed by atoms with Crippen molar-refractivity contribution in [1.29, 1.82) is 0 Å². The highest BCUT2D eigenvalue weighted by Crippen LogP contribution is 2.17. The maximum atomic E-state index is 10.9. The van der Waals surface area contributed by atoms with E-state index in [4.69, 9.17) is 16.6 Å². The van der Waals surface area contributed by atoms with Gasteiger partial charge in [0, 0.05) is 12.2 Å². The van der Waals surface area contributed by atoms with Gasteiger partial charge in [0.25, 0.3) is 0 Å². The van der Waals surface area contributed by atoms with Gasteiger partial charge >= 0.3 is 5.97 Å². The number of nitrogens with two attached hydrogens (primary N) is 2. The summed E-state index contributed by atoms with van der Waals surface area (Å²) in [7, 11) is 0. The van der Waals surface area contributed by atoms with Crippen molar-refractivity contribution in [3.63, 3.8) is 0 Å². The number of carbonyl (C=O) groups is 1. The molecule has 0 saturated carbocycles. The number of rotatable bonds is 7. The molecule has 0 aliphatic heterocycles. The third-order valence-corrected chi connectivity index (χ3v) is 3.28. The maximum absolute atomic E-state index is 10.9. The maximum Gasteiger partial charge on any atom is 0.320 e. The van der Waals surface area contributed by atoms with E-state index < -0.39 is 12.0 Å². The normalized spacial score (nSPS) is 12.6. The first kappa shape index (κ1) is 15.5. The second kappa shape index (κ2) is 7.11. The van der Waals surface area contributed by atoms with E-state index in [1.807, 2.05) is 12.1 Å². The van der Waals surface area contributed by atoms with Crippen molar-refractivity contribution in [3.05, 3.63) is 29.3 Å². The highest BCUT2D eigenvalue weighted by atomic mass is 16.4. The summed E-state index contributed by atoms with van der Waals surface area (Å²) in [6.45, 7) is 6.84. The standard InChI is InChI=1S/C14H23N3O2/c1-3-17(4-2)9-11-7-12(15)6-5-10(11)8-13(16)14(18)19/h5-7,13H,3-4,8-9,15-16H2,1-2H3,(H,18,19)/t13-/m0/s1. The molecule has 0 fully saturated rings. The summed E-state index contributed by atoms with van der Waals surface area (Å²) in [4.78, 5) is 13.1. The highest BCUT2D eigenvalue weighted by Gasteiger charge is 2.15. The van der Waals surface area contributed by atoms with Crippen LogP contribution in [0.25, 0.3) is 0 Å². The van der Waals surface area contributed by atoms with Crippen LogP contribution in [0.15, 0.2) is 18.2 Å². The number of nitrogens with zero attached hydrogens (tertiary/aromatic N) is 1. The van der Waals surface area contributed by atoms with Gasteiger partial charge in [-0.3, -0.25) is 9.69 Å². The first-order valence-electron chi connectivity index (χ1n) is 6.55. The summed E-state index contributed by atoms with van der Waals surface area (Å²) in [6.07, 6.45) is 0.326. The number of anilines is 1. The molecule has 0 saturated heterocycles. The largest absolute Gasteiger partial charge is 0.480 e. The SMILES string of the molecule is CCN(CC)Cc1cc(N)ccc1C[C@H](N)C(=O)O. The Morgan fingerprint density at radius 2 is 1.95 bits per heavy atom. The fourth-order valence-electron chi connectivity index (χ4n) is 2.00. The van der Waals surface area contributed by atoms with Gasteiger partial charge in [-0.1, -0.05) is 19.9 Å². The molecule has 1 aromatic rings. The van der Waals surface area contributed by atoms with Crippen molar-refractivity contribution >= 4 is 11.7 Å². The van der Waals surface area contributed by atoms with Crippen molar-refractivity contribution in [3.8, 4) is 0 Å². The van der Waals surface area contributed by atoms with Crippen molar-refractivity contribution in [2.75, 3.05) is 18.8 Å². The zero-order valence-corrected chi connectivity index (χ0v) is 11.6. The van der Waals surface area contributed by atoms with Crippen LogP contribution >= 0.6 is 0 Å². The van der Waals surface area contributed by atoms with E-state index in [1.165, 1.54) is 0 Å². The lowest BCUT2D eigenvalue weighted by atomic mass is 9.99. The summed E-state index contributed by atoms with van der Waals surface area (Å²) in [5.41, 5.74) is 14.1. The van der Waals surface area contributed by atoms with E-state index in [9.17, 15) is 4.79 Å². The van der Waals surface area contributed by atoms with Gasteiger partial charge < -0.3 is 16.6 Å². The summed E-state index contributed by atoms with van der Waals surface area (Å²) < 4.78 is 0. The summed E-state index contributed by atoms with van der Waals surface area (Å²) in [5.74, 6) is -0.981. The Labute approximate surface area is 114 Å². The number of nitrogen functional groups attached to an aromatic ring is 1. The average molecular weight is 265 g/mol. The van der Waals surface area contributed by atoms with Gasteiger partial charge in [0.2, 0.25) is 0 Å². The Hall–Kier alpha value is -1.59. The molecular formula is C14H23N3O2. The van der Waals surface area contributed by atoms with Crippen LogP contribution in [-0.4, -0.2) is 35.1 Å².